The van der Waals surface area contributed by atoms with Crippen LogP contribution in [-0.4, -0.2) is 4.98 Å². The molecule has 5 heteroatoms. The summed E-state index contributed by atoms with van der Waals surface area (Å²) >= 11 is 0. The van der Waals surface area contributed by atoms with E-state index in [1.807, 2.05) is 18.2 Å². The van der Waals surface area contributed by atoms with Crippen LogP contribution < -0.4 is 5.32 Å². The van der Waals surface area contributed by atoms with Crippen molar-refractivity contribution in [3.05, 3.63) is 59.5 Å². The van der Waals surface area contributed by atoms with Crippen LogP contribution >= 0.6 is 0 Å². The minimum atomic E-state index is -0.550. The van der Waals surface area contributed by atoms with Crippen molar-refractivity contribution >= 4 is 16.8 Å². The third-order valence-electron chi connectivity index (χ3n) is 3.86. The highest BCUT2D eigenvalue weighted by molar-refractivity contribution is 5.77. The molecule has 0 atom stereocenters. The number of nitrogens with one attached hydrogen (secondary N) is 1. The number of rotatable bonds is 4. The number of fused-ring (bicyclic) bond motifs is 1. The second-order valence-corrected chi connectivity index (χ2v) is 5.56. The molecule has 0 amide bonds. The van der Waals surface area contributed by atoms with Gasteiger partial charge in [0, 0.05) is 23.7 Å². The molecule has 22 heavy (non-hydrogen) atoms. The van der Waals surface area contributed by atoms with E-state index < -0.39 is 11.6 Å². The molecule has 0 unspecified atom stereocenters. The standard InChI is InChI=1S/C17H14F2N2O/c18-13-2-1-3-14(19)12(13)9-20-11-6-7-16-15(8-11)21-17(22-16)10-4-5-10/h1-3,6-8,10,20H,4-5,9H2. The molecule has 1 fully saturated rings. The highest BCUT2D eigenvalue weighted by atomic mass is 19.1. The lowest BCUT2D eigenvalue weighted by atomic mass is 10.2. The molecule has 0 aliphatic heterocycles. The van der Waals surface area contributed by atoms with Gasteiger partial charge < -0.3 is 9.73 Å². The average Bonchev–Trinajstić information content (AvgIpc) is 3.26. The second kappa shape index (κ2) is 5.09. The van der Waals surface area contributed by atoms with E-state index in [4.69, 9.17) is 4.42 Å². The molecule has 1 saturated carbocycles. The monoisotopic (exact) mass is 300 g/mol. The van der Waals surface area contributed by atoms with E-state index in [0.29, 0.717) is 5.92 Å². The Balaban J connectivity index is 1.56. The molecule has 0 spiro atoms. The largest absolute Gasteiger partial charge is 0.440 e. The summed E-state index contributed by atoms with van der Waals surface area (Å²) in [4.78, 5) is 4.47. The number of hydrogen-bond acceptors (Lipinski definition) is 3. The lowest BCUT2D eigenvalue weighted by molar-refractivity contribution is 0.533. The highest BCUT2D eigenvalue weighted by Gasteiger charge is 2.28. The van der Waals surface area contributed by atoms with Gasteiger partial charge in [-0.05, 0) is 43.2 Å². The van der Waals surface area contributed by atoms with Crippen LogP contribution in [0.3, 0.4) is 0 Å². The van der Waals surface area contributed by atoms with Crippen LogP contribution in [0.4, 0.5) is 14.5 Å². The Hall–Kier alpha value is -2.43. The second-order valence-electron chi connectivity index (χ2n) is 5.56. The minimum absolute atomic E-state index is 0.0291. The molecule has 4 rings (SSSR count). The summed E-state index contributed by atoms with van der Waals surface area (Å²) in [6.07, 6.45) is 2.26. The van der Waals surface area contributed by atoms with Gasteiger partial charge >= 0.3 is 0 Å². The summed E-state index contributed by atoms with van der Waals surface area (Å²) < 4.78 is 32.9. The third-order valence-corrected chi connectivity index (χ3v) is 3.86. The lowest BCUT2D eigenvalue weighted by Crippen LogP contribution is -2.04. The molecular formula is C17H14F2N2O. The third kappa shape index (κ3) is 2.43. The maximum atomic E-state index is 13.6. The number of oxazole rings is 1. The van der Waals surface area contributed by atoms with E-state index in [9.17, 15) is 8.78 Å². The number of aromatic nitrogens is 1. The zero-order valence-corrected chi connectivity index (χ0v) is 11.8. The molecule has 0 saturated heterocycles. The van der Waals surface area contributed by atoms with Crippen LogP contribution in [0.15, 0.2) is 40.8 Å². The van der Waals surface area contributed by atoms with Crippen LogP contribution in [0.1, 0.15) is 30.2 Å². The Morgan fingerprint density at radius 3 is 2.64 bits per heavy atom. The van der Waals surface area contributed by atoms with Gasteiger partial charge in [-0.1, -0.05) is 6.07 Å². The van der Waals surface area contributed by atoms with Gasteiger partial charge in [0.05, 0.1) is 0 Å². The summed E-state index contributed by atoms with van der Waals surface area (Å²) in [5.41, 5.74) is 2.29. The first kappa shape index (κ1) is 13.2. The predicted octanol–water partition coefficient (Wildman–Crippen LogP) is 4.60. The van der Waals surface area contributed by atoms with Gasteiger partial charge in [-0.15, -0.1) is 0 Å². The molecule has 0 bridgehead atoms. The van der Waals surface area contributed by atoms with Crippen molar-refractivity contribution in [1.82, 2.24) is 4.98 Å². The number of halogens is 2. The molecule has 1 aromatic heterocycles. The Labute approximate surface area is 126 Å². The fourth-order valence-electron chi connectivity index (χ4n) is 2.45. The average molecular weight is 300 g/mol. The minimum Gasteiger partial charge on any atom is -0.440 e. The quantitative estimate of drug-likeness (QED) is 0.765. The van der Waals surface area contributed by atoms with Gasteiger partial charge in [0.25, 0.3) is 0 Å². The summed E-state index contributed by atoms with van der Waals surface area (Å²) in [5.74, 6) is 0.140. The van der Waals surface area contributed by atoms with Crippen molar-refractivity contribution in [2.75, 3.05) is 5.32 Å². The van der Waals surface area contributed by atoms with E-state index in [1.165, 1.54) is 18.2 Å². The normalized spacial score (nSPS) is 14.5. The first-order chi connectivity index (χ1) is 10.7. The van der Waals surface area contributed by atoms with E-state index >= 15 is 0 Å². The fourth-order valence-corrected chi connectivity index (χ4v) is 2.45. The molecule has 1 heterocycles. The van der Waals surface area contributed by atoms with E-state index in [1.54, 1.807) is 0 Å². The highest BCUT2D eigenvalue weighted by Crippen LogP contribution is 2.40. The van der Waals surface area contributed by atoms with Crippen LogP contribution in [-0.2, 0) is 6.54 Å². The van der Waals surface area contributed by atoms with Crippen molar-refractivity contribution < 1.29 is 13.2 Å². The van der Waals surface area contributed by atoms with Crippen molar-refractivity contribution in [3.63, 3.8) is 0 Å². The van der Waals surface area contributed by atoms with Crippen LogP contribution in [0.5, 0.6) is 0 Å². The molecule has 112 valence electrons. The van der Waals surface area contributed by atoms with Gasteiger partial charge in [-0.3, -0.25) is 0 Å². The summed E-state index contributed by atoms with van der Waals surface area (Å²) in [5, 5.41) is 3.03. The van der Waals surface area contributed by atoms with Gasteiger partial charge in [0.2, 0.25) is 0 Å². The number of hydrogen-bond donors (Lipinski definition) is 1. The maximum Gasteiger partial charge on any atom is 0.198 e. The van der Waals surface area contributed by atoms with Crippen molar-refractivity contribution in [3.8, 4) is 0 Å². The Morgan fingerprint density at radius 1 is 1.14 bits per heavy atom. The van der Waals surface area contributed by atoms with Crippen molar-refractivity contribution in [2.24, 2.45) is 0 Å². The summed E-state index contributed by atoms with van der Waals surface area (Å²) in [6, 6.07) is 9.35. The molecule has 1 N–H and O–H groups in total. The predicted molar refractivity (Wildman–Crippen MR) is 79.7 cm³/mol. The fraction of sp³-hybridized carbons (Fsp3) is 0.235. The van der Waals surface area contributed by atoms with Crippen LogP contribution in [0.2, 0.25) is 0 Å². The first-order valence-corrected chi connectivity index (χ1v) is 7.28. The number of nitrogens with zero attached hydrogens (tertiary/aromatic N) is 1. The molecule has 2 aromatic carbocycles. The molecule has 3 nitrogen and oxygen atoms in total. The SMILES string of the molecule is Fc1cccc(F)c1CNc1ccc2oc(C3CC3)nc2c1. The molecule has 1 aliphatic rings. The summed E-state index contributed by atoms with van der Waals surface area (Å²) in [6.45, 7) is 0.0807. The van der Waals surface area contributed by atoms with Gasteiger partial charge in [0.15, 0.2) is 11.5 Å². The number of anilines is 1. The molecule has 0 radical (unpaired) electrons. The van der Waals surface area contributed by atoms with Crippen molar-refractivity contribution in [2.45, 2.75) is 25.3 Å². The zero-order chi connectivity index (χ0) is 15.1. The summed E-state index contributed by atoms with van der Waals surface area (Å²) in [7, 11) is 0. The van der Waals surface area contributed by atoms with Gasteiger partial charge in [-0.25, -0.2) is 13.8 Å². The Bertz CT molecular complexity index is 820. The topological polar surface area (TPSA) is 38.1 Å². The van der Waals surface area contributed by atoms with E-state index in [0.717, 1.165) is 35.5 Å². The zero-order valence-electron chi connectivity index (χ0n) is 11.8. The number of benzene rings is 2. The van der Waals surface area contributed by atoms with Crippen LogP contribution in [0.25, 0.3) is 11.1 Å². The first-order valence-electron chi connectivity index (χ1n) is 7.28. The van der Waals surface area contributed by atoms with Gasteiger partial charge in [0.1, 0.15) is 17.2 Å². The lowest BCUT2D eigenvalue weighted by Gasteiger charge is -2.08. The van der Waals surface area contributed by atoms with E-state index in [-0.39, 0.29) is 12.1 Å². The van der Waals surface area contributed by atoms with Crippen molar-refractivity contribution in [1.29, 1.82) is 0 Å². The van der Waals surface area contributed by atoms with Crippen LogP contribution in [0, 0.1) is 11.6 Å². The molecular weight excluding hydrogens is 286 g/mol. The molecule has 1 aliphatic carbocycles. The maximum absolute atomic E-state index is 13.6. The molecule has 3 aromatic rings. The smallest absolute Gasteiger partial charge is 0.198 e. The Kier molecular flexibility index (Phi) is 3.06. The van der Waals surface area contributed by atoms with E-state index in [2.05, 4.69) is 10.3 Å². The Morgan fingerprint density at radius 2 is 1.91 bits per heavy atom. The van der Waals surface area contributed by atoms with Gasteiger partial charge in [-0.2, -0.15) is 0 Å².